The number of carboxylic acids is 3. The average molecular weight is 714 g/mol. The van der Waals surface area contributed by atoms with Crippen LogP contribution in [-0.4, -0.2) is 68.6 Å². The van der Waals surface area contributed by atoms with Crippen molar-refractivity contribution in [2.75, 3.05) is 6.54 Å². The standard InChI is InChI=1S/C33H61NO6.C6H14N2O2/c1-3-5-7-9-11-13-15-17-19-21-23-25-30(35)34(29(33(39)40)27-28-32(37)38)31(36)26-24-22-20-18-16-14-12-10-8-6-4-2;7-4-2-1-3-5(8)6(9)10/h29H,3-28H2,1-2H3,(H,37,38)(H,39,40);5H,1-4,7-8H2,(H,9,10). The molecule has 11 heteroatoms. The average Bonchev–Trinajstić information content (AvgIpc) is 3.07. The maximum absolute atomic E-state index is 13.0. The van der Waals surface area contributed by atoms with E-state index in [9.17, 15) is 29.1 Å². The van der Waals surface area contributed by atoms with Gasteiger partial charge in [-0.1, -0.05) is 149 Å². The minimum Gasteiger partial charge on any atom is -0.481 e. The number of aliphatic carboxylic acids is 3. The van der Waals surface area contributed by atoms with Crippen LogP contribution in [-0.2, 0) is 24.0 Å². The summed E-state index contributed by atoms with van der Waals surface area (Å²) in [6.45, 7) is 5.04. The van der Waals surface area contributed by atoms with E-state index < -0.39 is 48.2 Å². The van der Waals surface area contributed by atoms with Crippen LogP contribution in [0, 0.1) is 0 Å². The summed E-state index contributed by atoms with van der Waals surface area (Å²) in [5.41, 5.74) is 10.4. The van der Waals surface area contributed by atoms with E-state index in [1.807, 2.05) is 0 Å². The zero-order valence-corrected chi connectivity index (χ0v) is 31.9. The number of hydrogen-bond donors (Lipinski definition) is 5. The van der Waals surface area contributed by atoms with Crippen molar-refractivity contribution in [3.05, 3.63) is 0 Å². The van der Waals surface area contributed by atoms with Crippen molar-refractivity contribution in [2.24, 2.45) is 11.5 Å². The van der Waals surface area contributed by atoms with E-state index in [1.165, 1.54) is 89.9 Å². The van der Waals surface area contributed by atoms with Crippen molar-refractivity contribution >= 4 is 29.7 Å². The SMILES string of the molecule is CCCCCCCCCCCCCC(=O)N(C(=O)CCCCCCCCCCCCC)C(CCC(=O)O)C(=O)O.NCCCCC(N)C(=O)O. The van der Waals surface area contributed by atoms with E-state index in [1.54, 1.807) is 0 Å². The number of nitrogens with two attached hydrogens (primary N) is 2. The van der Waals surface area contributed by atoms with Crippen LogP contribution in [0.2, 0.25) is 0 Å². The monoisotopic (exact) mass is 714 g/mol. The van der Waals surface area contributed by atoms with E-state index >= 15 is 0 Å². The van der Waals surface area contributed by atoms with E-state index in [-0.39, 0.29) is 19.3 Å². The summed E-state index contributed by atoms with van der Waals surface area (Å²) in [6.07, 6.45) is 26.8. The van der Waals surface area contributed by atoms with Gasteiger partial charge in [0.15, 0.2) is 0 Å². The largest absolute Gasteiger partial charge is 0.481 e. The number of unbranched alkanes of at least 4 members (excludes halogenated alkanes) is 21. The number of carbonyl (C=O) groups is 5. The molecule has 50 heavy (non-hydrogen) atoms. The molecule has 0 spiro atoms. The summed E-state index contributed by atoms with van der Waals surface area (Å²) in [4.78, 5) is 60.1. The zero-order valence-electron chi connectivity index (χ0n) is 31.9. The summed E-state index contributed by atoms with van der Waals surface area (Å²) in [6, 6.07) is -2.14. The van der Waals surface area contributed by atoms with E-state index in [2.05, 4.69) is 13.8 Å². The minimum absolute atomic E-state index is 0.123. The Kier molecular flexibility index (Phi) is 36.0. The third-order valence-electron chi connectivity index (χ3n) is 9.04. The van der Waals surface area contributed by atoms with Crippen molar-refractivity contribution in [1.82, 2.24) is 4.90 Å². The zero-order chi connectivity index (χ0) is 37.8. The second kappa shape index (κ2) is 36.3. The molecule has 294 valence electrons. The van der Waals surface area contributed by atoms with Crippen LogP contribution in [0.25, 0.3) is 0 Å². The van der Waals surface area contributed by atoms with Crippen molar-refractivity contribution in [2.45, 2.75) is 212 Å². The second-order valence-corrected chi connectivity index (χ2v) is 13.7. The smallest absolute Gasteiger partial charge is 0.326 e. The lowest BCUT2D eigenvalue weighted by Gasteiger charge is -2.27. The molecule has 0 aliphatic carbocycles. The number of amides is 2. The quantitative estimate of drug-likeness (QED) is 0.0402. The van der Waals surface area contributed by atoms with Crippen molar-refractivity contribution in [1.29, 1.82) is 0 Å². The number of imide groups is 1. The topological polar surface area (TPSA) is 201 Å². The number of carbonyl (C=O) groups excluding carboxylic acids is 2. The molecule has 0 rings (SSSR count). The number of hydrogen-bond acceptors (Lipinski definition) is 7. The molecule has 2 atom stereocenters. The molecule has 0 saturated carbocycles. The van der Waals surface area contributed by atoms with E-state index in [0.717, 1.165) is 56.3 Å². The van der Waals surface area contributed by atoms with Crippen LogP contribution < -0.4 is 11.5 Å². The van der Waals surface area contributed by atoms with Gasteiger partial charge < -0.3 is 26.8 Å². The van der Waals surface area contributed by atoms with Crippen molar-refractivity contribution < 1.29 is 39.3 Å². The first-order chi connectivity index (χ1) is 24.0. The fraction of sp³-hybridized carbons (Fsp3) is 0.872. The first-order valence-corrected chi connectivity index (χ1v) is 20.0. The molecule has 2 amide bonds. The van der Waals surface area contributed by atoms with Gasteiger partial charge in [-0.2, -0.15) is 0 Å². The molecule has 0 saturated heterocycles. The van der Waals surface area contributed by atoms with Gasteiger partial charge in [-0.05, 0) is 38.6 Å². The van der Waals surface area contributed by atoms with Crippen LogP contribution in [0.3, 0.4) is 0 Å². The van der Waals surface area contributed by atoms with Crippen LogP contribution in [0.4, 0.5) is 0 Å². The van der Waals surface area contributed by atoms with Gasteiger partial charge >= 0.3 is 17.9 Å². The van der Waals surface area contributed by atoms with Crippen molar-refractivity contribution in [3.63, 3.8) is 0 Å². The number of rotatable bonds is 34. The highest BCUT2D eigenvalue weighted by atomic mass is 16.4. The van der Waals surface area contributed by atoms with Gasteiger partial charge in [0.1, 0.15) is 12.1 Å². The highest BCUT2D eigenvalue weighted by molar-refractivity contribution is 5.99. The minimum atomic E-state index is -1.42. The molecular weight excluding hydrogens is 638 g/mol. The summed E-state index contributed by atoms with van der Waals surface area (Å²) >= 11 is 0. The summed E-state index contributed by atoms with van der Waals surface area (Å²) in [5.74, 6) is -4.36. The Hall–Kier alpha value is -2.53. The Morgan fingerprint density at radius 3 is 1.14 bits per heavy atom. The number of carboxylic acid groups (broad SMARTS) is 3. The summed E-state index contributed by atoms with van der Waals surface area (Å²) in [5, 5.41) is 27.1. The molecule has 0 fully saturated rings. The first-order valence-electron chi connectivity index (χ1n) is 20.0. The molecule has 7 N–H and O–H groups in total. The van der Waals surface area contributed by atoms with Gasteiger partial charge in [0.05, 0.1) is 0 Å². The molecule has 0 heterocycles. The fourth-order valence-corrected chi connectivity index (χ4v) is 5.86. The Morgan fingerprint density at radius 1 is 0.480 bits per heavy atom. The Balaban J connectivity index is 0. The Labute approximate surface area is 303 Å². The van der Waals surface area contributed by atoms with Crippen molar-refractivity contribution in [3.8, 4) is 0 Å². The molecule has 2 unspecified atom stereocenters. The summed E-state index contributed by atoms with van der Waals surface area (Å²) < 4.78 is 0. The maximum atomic E-state index is 13.0. The third kappa shape index (κ3) is 31.5. The molecule has 0 aromatic rings. The molecule has 0 aliphatic heterocycles. The molecule has 0 aliphatic rings. The molecule has 0 bridgehead atoms. The Morgan fingerprint density at radius 2 is 0.840 bits per heavy atom. The third-order valence-corrected chi connectivity index (χ3v) is 9.04. The molecular formula is C39H75N3O8. The second-order valence-electron chi connectivity index (χ2n) is 13.7. The lowest BCUT2D eigenvalue weighted by atomic mass is 10.0. The lowest BCUT2D eigenvalue weighted by Crippen LogP contribution is -2.48. The van der Waals surface area contributed by atoms with Gasteiger partial charge in [-0.3, -0.25) is 24.1 Å². The van der Waals surface area contributed by atoms with Crippen LogP contribution in [0.1, 0.15) is 200 Å². The fourth-order valence-electron chi connectivity index (χ4n) is 5.86. The van der Waals surface area contributed by atoms with Gasteiger partial charge in [0.2, 0.25) is 11.8 Å². The maximum Gasteiger partial charge on any atom is 0.326 e. The highest BCUT2D eigenvalue weighted by Gasteiger charge is 2.34. The molecule has 0 aromatic carbocycles. The predicted octanol–water partition coefficient (Wildman–Crippen LogP) is 8.59. The lowest BCUT2D eigenvalue weighted by molar-refractivity contribution is -0.159. The normalized spacial score (nSPS) is 12.1. The van der Waals surface area contributed by atoms with Gasteiger partial charge in [0.25, 0.3) is 0 Å². The molecule has 0 aromatic heterocycles. The van der Waals surface area contributed by atoms with Gasteiger partial charge in [-0.15, -0.1) is 0 Å². The van der Waals surface area contributed by atoms with Gasteiger partial charge in [0, 0.05) is 19.3 Å². The van der Waals surface area contributed by atoms with Crippen LogP contribution in [0.5, 0.6) is 0 Å². The van der Waals surface area contributed by atoms with E-state index in [0.29, 0.717) is 25.8 Å². The molecule has 0 radical (unpaired) electrons. The van der Waals surface area contributed by atoms with Crippen LogP contribution >= 0.6 is 0 Å². The summed E-state index contributed by atoms with van der Waals surface area (Å²) in [7, 11) is 0. The first kappa shape index (κ1) is 49.6. The molecule has 11 nitrogen and oxygen atoms in total. The van der Waals surface area contributed by atoms with Gasteiger partial charge in [-0.25, -0.2) is 4.79 Å². The Bertz CT molecular complexity index is 832. The van der Waals surface area contributed by atoms with Crippen LogP contribution in [0.15, 0.2) is 0 Å². The number of nitrogens with zero attached hydrogens (tertiary/aromatic N) is 1. The highest BCUT2D eigenvalue weighted by Crippen LogP contribution is 2.18. The van der Waals surface area contributed by atoms with E-state index in [4.69, 9.17) is 21.7 Å². The predicted molar refractivity (Wildman–Crippen MR) is 201 cm³/mol.